The zero-order chi connectivity index (χ0) is 13.9. The number of nitrogens with zero attached hydrogens (tertiary/aromatic N) is 2. The summed E-state index contributed by atoms with van der Waals surface area (Å²) < 4.78 is 29.6. The van der Waals surface area contributed by atoms with Gasteiger partial charge < -0.3 is 14.9 Å². The molecule has 0 atom stereocenters. The van der Waals surface area contributed by atoms with Gasteiger partial charge in [-0.1, -0.05) is 0 Å². The van der Waals surface area contributed by atoms with Gasteiger partial charge in [0.25, 0.3) is 0 Å². The lowest BCUT2D eigenvalue weighted by molar-refractivity contribution is -0.390. The molecule has 0 radical (unpaired) electrons. The van der Waals surface area contributed by atoms with E-state index in [4.69, 9.17) is 0 Å². The first-order chi connectivity index (χ1) is 8.38. The quantitative estimate of drug-likeness (QED) is 0.351. The second-order valence-electron chi connectivity index (χ2n) is 3.01. The van der Waals surface area contributed by atoms with E-state index in [-0.39, 0.29) is 15.7 Å². The third-order valence-corrected chi connectivity index (χ3v) is 2.92. The van der Waals surface area contributed by atoms with Crippen LogP contribution >= 0.6 is 22.6 Å². The second kappa shape index (κ2) is 5.98. The van der Waals surface area contributed by atoms with Crippen molar-refractivity contribution in [3.05, 3.63) is 31.0 Å². The van der Waals surface area contributed by atoms with Gasteiger partial charge in [-0.05, 0) is 39.4 Å². The van der Waals surface area contributed by atoms with Crippen LogP contribution in [0, 0.1) is 13.7 Å². The number of rotatable bonds is 4. The summed E-state index contributed by atoms with van der Waals surface area (Å²) in [5.74, 6) is -1.68. The van der Waals surface area contributed by atoms with E-state index >= 15 is 0 Å². The van der Waals surface area contributed by atoms with Gasteiger partial charge in [-0.3, -0.25) is 0 Å². The summed E-state index contributed by atoms with van der Waals surface area (Å²) in [4.78, 5) is 24.5. The SMILES string of the molecule is CCOC(=O)c1cc(C(F)F)nc([N+](=O)[O-])c1I. The Morgan fingerprint density at radius 2 is 2.28 bits per heavy atom. The fraction of sp³-hybridized carbons (Fsp3) is 0.333. The zero-order valence-corrected chi connectivity index (χ0v) is 11.2. The number of nitro groups is 1. The first kappa shape index (κ1) is 14.7. The number of hydrogen-bond donors (Lipinski definition) is 0. The van der Waals surface area contributed by atoms with Gasteiger partial charge in [0.05, 0.1) is 12.2 Å². The summed E-state index contributed by atoms with van der Waals surface area (Å²) >= 11 is 1.50. The Bertz CT molecular complexity index is 496. The van der Waals surface area contributed by atoms with Crippen molar-refractivity contribution in [2.45, 2.75) is 13.3 Å². The number of esters is 1. The van der Waals surface area contributed by atoms with Gasteiger partial charge in [-0.15, -0.1) is 0 Å². The molecule has 0 aromatic carbocycles. The average molecular weight is 372 g/mol. The molecule has 0 aliphatic heterocycles. The molecule has 6 nitrogen and oxygen atoms in total. The molecule has 0 saturated heterocycles. The summed E-state index contributed by atoms with van der Waals surface area (Å²) in [6, 6.07) is 0.803. The van der Waals surface area contributed by atoms with Gasteiger partial charge in [-0.25, -0.2) is 13.6 Å². The van der Waals surface area contributed by atoms with E-state index in [2.05, 4.69) is 9.72 Å². The molecule has 1 aromatic heterocycles. The third kappa shape index (κ3) is 3.09. The van der Waals surface area contributed by atoms with Crippen LogP contribution in [0.15, 0.2) is 6.07 Å². The van der Waals surface area contributed by atoms with Crippen LogP contribution in [0.3, 0.4) is 0 Å². The first-order valence-corrected chi connectivity index (χ1v) is 5.76. The average Bonchev–Trinajstić information content (AvgIpc) is 2.28. The fourth-order valence-electron chi connectivity index (χ4n) is 1.13. The molecule has 18 heavy (non-hydrogen) atoms. The maximum Gasteiger partial charge on any atom is 0.378 e. The topological polar surface area (TPSA) is 82.3 Å². The Balaban J connectivity index is 3.40. The van der Waals surface area contributed by atoms with Crippen molar-refractivity contribution in [3.63, 3.8) is 0 Å². The summed E-state index contributed by atoms with van der Waals surface area (Å²) in [6.45, 7) is 1.57. The number of pyridine rings is 1. The highest BCUT2D eigenvalue weighted by Crippen LogP contribution is 2.28. The van der Waals surface area contributed by atoms with Crippen molar-refractivity contribution >= 4 is 34.4 Å². The maximum atomic E-state index is 12.5. The molecule has 1 heterocycles. The van der Waals surface area contributed by atoms with Crippen LogP contribution in [0.5, 0.6) is 0 Å². The maximum absolute atomic E-state index is 12.5. The van der Waals surface area contributed by atoms with Gasteiger partial charge in [0.1, 0.15) is 3.57 Å². The largest absolute Gasteiger partial charge is 0.462 e. The Morgan fingerprint density at radius 3 is 2.72 bits per heavy atom. The van der Waals surface area contributed by atoms with E-state index in [1.807, 2.05) is 0 Å². The molecule has 0 aliphatic rings. The Morgan fingerprint density at radius 1 is 1.67 bits per heavy atom. The van der Waals surface area contributed by atoms with Crippen molar-refractivity contribution in [2.75, 3.05) is 6.61 Å². The van der Waals surface area contributed by atoms with Crippen molar-refractivity contribution in [2.24, 2.45) is 0 Å². The highest BCUT2D eigenvalue weighted by atomic mass is 127. The second-order valence-corrected chi connectivity index (χ2v) is 4.09. The summed E-state index contributed by atoms with van der Waals surface area (Å²) in [6.07, 6.45) is -3.01. The number of ether oxygens (including phenoxy) is 1. The molecule has 0 saturated carbocycles. The van der Waals surface area contributed by atoms with E-state index in [0.29, 0.717) is 0 Å². The lowest BCUT2D eigenvalue weighted by Crippen LogP contribution is -2.11. The Kier molecular flexibility index (Phi) is 4.87. The number of carbonyl (C=O) groups excluding carboxylic acids is 1. The molecule has 1 aromatic rings. The predicted molar refractivity (Wildman–Crippen MR) is 64.5 cm³/mol. The summed E-state index contributed by atoms with van der Waals surface area (Å²) in [5.41, 5.74) is -1.11. The molecule has 98 valence electrons. The highest BCUT2D eigenvalue weighted by Gasteiger charge is 2.28. The molecule has 0 unspecified atom stereocenters. The van der Waals surface area contributed by atoms with E-state index in [1.165, 1.54) is 29.5 Å². The van der Waals surface area contributed by atoms with Crippen molar-refractivity contribution < 1.29 is 23.2 Å². The smallest absolute Gasteiger partial charge is 0.378 e. The Labute approximate surface area is 114 Å². The van der Waals surface area contributed by atoms with E-state index in [9.17, 15) is 23.7 Å². The number of hydrogen-bond acceptors (Lipinski definition) is 5. The van der Waals surface area contributed by atoms with Gasteiger partial charge >= 0.3 is 18.2 Å². The molecule has 1 rings (SSSR count). The highest BCUT2D eigenvalue weighted by molar-refractivity contribution is 14.1. The molecule has 0 spiro atoms. The number of halogens is 3. The molecule has 0 fully saturated rings. The number of alkyl halides is 2. The van der Waals surface area contributed by atoms with Crippen LogP contribution in [0.1, 0.15) is 29.4 Å². The van der Waals surface area contributed by atoms with E-state index in [1.54, 1.807) is 0 Å². The lowest BCUT2D eigenvalue weighted by atomic mass is 10.2. The van der Waals surface area contributed by atoms with Gasteiger partial charge in [-0.2, -0.15) is 0 Å². The molecular weight excluding hydrogens is 365 g/mol. The lowest BCUT2D eigenvalue weighted by Gasteiger charge is -2.05. The molecule has 0 N–H and O–H groups in total. The minimum Gasteiger partial charge on any atom is -0.462 e. The molecule has 0 aliphatic carbocycles. The van der Waals surface area contributed by atoms with Gasteiger partial charge in [0.2, 0.25) is 5.69 Å². The van der Waals surface area contributed by atoms with Crippen molar-refractivity contribution in [1.82, 2.24) is 4.98 Å². The first-order valence-electron chi connectivity index (χ1n) is 4.68. The monoisotopic (exact) mass is 372 g/mol. The van der Waals surface area contributed by atoms with Crippen LogP contribution in [0.2, 0.25) is 0 Å². The van der Waals surface area contributed by atoms with E-state index in [0.717, 1.165) is 6.07 Å². The molecular formula is C9H7F2IN2O4. The number of aromatic nitrogens is 1. The minimum atomic E-state index is -3.01. The van der Waals surface area contributed by atoms with Crippen LogP contribution in [-0.2, 0) is 4.74 Å². The van der Waals surface area contributed by atoms with Crippen molar-refractivity contribution in [3.8, 4) is 0 Å². The molecule has 0 amide bonds. The summed E-state index contributed by atoms with van der Waals surface area (Å²) in [7, 11) is 0. The van der Waals surface area contributed by atoms with Crippen LogP contribution in [-0.4, -0.2) is 22.5 Å². The normalized spacial score (nSPS) is 10.5. The molecule has 9 heteroatoms. The predicted octanol–water partition coefficient (Wildman–Crippen LogP) is 2.71. The van der Waals surface area contributed by atoms with Crippen molar-refractivity contribution in [1.29, 1.82) is 0 Å². The molecule has 0 bridgehead atoms. The van der Waals surface area contributed by atoms with Crippen LogP contribution in [0.25, 0.3) is 0 Å². The van der Waals surface area contributed by atoms with E-state index < -0.39 is 28.8 Å². The van der Waals surface area contributed by atoms with Gasteiger partial charge in [0, 0.05) is 6.07 Å². The summed E-state index contributed by atoms with van der Waals surface area (Å²) in [5, 5.41) is 10.7. The van der Waals surface area contributed by atoms with Gasteiger partial charge in [0.15, 0.2) is 0 Å². The fourth-order valence-corrected chi connectivity index (χ4v) is 1.82. The number of carbonyl (C=O) groups is 1. The minimum absolute atomic E-state index is 0.0368. The third-order valence-electron chi connectivity index (χ3n) is 1.85. The van der Waals surface area contributed by atoms with Crippen LogP contribution < -0.4 is 0 Å². The van der Waals surface area contributed by atoms with Crippen LogP contribution in [0.4, 0.5) is 14.6 Å². The zero-order valence-electron chi connectivity index (χ0n) is 9.02. The Hall–Kier alpha value is -1.39. The standard InChI is InChI=1S/C9H7F2IN2O4/c1-2-18-9(15)4-3-5(7(10)11)13-8(6(4)12)14(16)17/h3,7H,2H2,1H3.